The van der Waals surface area contributed by atoms with Gasteiger partial charge in [-0.3, -0.25) is 4.79 Å². The molecule has 1 fully saturated rings. The van der Waals surface area contributed by atoms with Crippen molar-refractivity contribution in [3.63, 3.8) is 0 Å². The molecule has 1 aliphatic carbocycles. The number of para-hydroxylation sites is 1. The Morgan fingerprint density at radius 2 is 1.95 bits per heavy atom. The SMILES string of the molecule is O=C(CNCC1CC(O)C1)Nc1c(Cl)cccc1Cl. The summed E-state index contributed by atoms with van der Waals surface area (Å²) in [5, 5.41) is 15.7. The minimum Gasteiger partial charge on any atom is -0.393 e. The fourth-order valence-corrected chi connectivity index (χ4v) is 2.55. The summed E-state index contributed by atoms with van der Waals surface area (Å²) >= 11 is 11.9. The molecule has 0 bridgehead atoms. The van der Waals surface area contributed by atoms with Crippen LogP contribution in [0.15, 0.2) is 18.2 Å². The van der Waals surface area contributed by atoms with Crippen molar-refractivity contribution in [1.29, 1.82) is 0 Å². The molecule has 0 radical (unpaired) electrons. The summed E-state index contributed by atoms with van der Waals surface area (Å²) < 4.78 is 0. The van der Waals surface area contributed by atoms with Gasteiger partial charge in [-0.05, 0) is 37.4 Å². The van der Waals surface area contributed by atoms with E-state index in [-0.39, 0.29) is 18.6 Å². The maximum atomic E-state index is 11.7. The summed E-state index contributed by atoms with van der Waals surface area (Å²) in [5.41, 5.74) is 0.441. The fourth-order valence-electron chi connectivity index (χ4n) is 2.06. The molecular formula is C13H16Cl2N2O2. The van der Waals surface area contributed by atoms with Crippen LogP contribution in [0.5, 0.6) is 0 Å². The minimum absolute atomic E-state index is 0.164. The molecule has 3 N–H and O–H groups in total. The molecule has 1 saturated carbocycles. The Bertz CT molecular complexity index is 442. The number of hydrogen-bond donors (Lipinski definition) is 3. The van der Waals surface area contributed by atoms with Crippen LogP contribution < -0.4 is 10.6 Å². The van der Waals surface area contributed by atoms with E-state index in [0.717, 1.165) is 19.4 Å². The van der Waals surface area contributed by atoms with Crippen molar-refractivity contribution in [2.45, 2.75) is 18.9 Å². The van der Waals surface area contributed by atoms with Gasteiger partial charge in [0.1, 0.15) is 0 Å². The van der Waals surface area contributed by atoms with E-state index in [2.05, 4.69) is 10.6 Å². The highest BCUT2D eigenvalue weighted by Gasteiger charge is 2.26. The van der Waals surface area contributed by atoms with Crippen LogP contribution in [-0.2, 0) is 4.79 Å². The average Bonchev–Trinajstić information content (AvgIpc) is 2.32. The number of nitrogens with one attached hydrogen (secondary N) is 2. The van der Waals surface area contributed by atoms with E-state index in [4.69, 9.17) is 28.3 Å². The summed E-state index contributed by atoms with van der Waals surface area (Å²) in [6, 6.07) is 5.07. The zero-order valence-electron chi connectivity index (χ0n) is 10.3. The number of amides is 1. The molecule has 2 rings (SSSR count). The molecule has 0 aromatic heterocycles. The first-order chi connectivity index (χ1) is 9.06. The highest BCUT2D eigenvalue weighted by atomic mass is 35.5. The van der Waals surface area contributed by atoms with E-state index < -0.39 is 0 Å². The van der Waals surface area contributed by atoms with Gasteiger partial charge in [0.25, 0.3) is 0 Å². The fraction of sp³-hybridized carbons (Fsp3) is 0.462. The number of carbonyl (C=O) groups is 1. The van der Waals surface area contributed by atoms with Crippen molar-refractivity contribution in [2.24, 2.45) is 5.92 Å². The number of aliphatic hydroxyl groups excluding tert-OH is 1. The van der Waals surface area contributed by atoms with Gasteiger partial charge in [0.15, 0.2) is 0 Å². The lowest BCUT2D eigenvalue weighted by molar-refractivity contribution is -0.115. The molecular weight excluding hydrogens is 287 g/mol. The van der Waals surface area contributed by atoms with Crippen LogP contribution in [0.1, 0.15) is 12.8 Å². The van der Waals surface area contributed by atoms with Crippen molar-refractivity contribution >= 4 is 34.8 Å². The molecule has 0 atom stereocenters. The second-order valence-corrected chi connectivity index (χ2v) is 5.58. The first kappa shape index (κ1) is 14.6. The molecule has 0 saturated heterocycles. The number of benzene rings is 1. The largest absolute Gasteiger partial charge is 0.393 e. The molecule has 1 aromatic rings. The van der Waals surface area contributed by atoms with E-state index >= 15 is 0 Å². The van der Waals surface area contributed by atoms with E-state index in [9.17, 15) is 4.79 Å². The standard InChI is InChI=1S/C13H16Cl2N2O2/c14-10-2-1-3-11(15)13(10)17-12(19)7-16-6-8-4-9(18)5-8/h1-3,8-9,16,18H,4-7H2,(H,17,19). The zero-order valence-corrected chi connectivity index (χ0v) is 11.8. The average molecular weight is 303 g/mol. The summed E-state index contributed by atoms with van der Waals surface area (Å²) in [6.07, 6.45) is 1.46. The molecule has 1 aromatic carbocycles. The molecule has 1 amide bonds. The third-order valence-electron chi connectivity index (χ3n) is 3.16. The van der Waals surface area contributed by atoms with Crippen molar-refractivity contribution in [3.8, 4) is 0 Å². The van der Waals surface area contributed by atoms with Gasteiger partial charge in [0, 0.05) is 0 Å². The van der Waals surface area contributed by atoms with E-state index in [1.165, 1.54) is 0 Å². The number of hydrogen-bond acceptors (Lipinski definition) is 3. The second kappa shape index (κ2) is 6.57. The third kappa shape index (κ3) is 4.08. The highest BCUT2D eigenvalue weighted by Crippen LogP contribution is 2.29. The summed E-state index contributed by atoms with van der Waals surface area (Å²) in [6.45, 7) is 0.939. The predicted octanol–water partition coefficient (Wildman–Crippen LogP) is 2.29. The Kier molecular flexibility index (Phi) is 5.05. The van der Waals surface area contributed by atoms with Gasteiger partial charge in [-0.15, -0.1) is 0 Å². The molecule has 19 heavy (non-hydrogen) atoms. The zero-order chi connectivity index (χ0) is 13.8. The van der Waals surface area contributed by atoms with Gasteiger partial charge in [0.2, 0.25) is 5.91 Å². The maximum absolute atomic E-state index is 11.7. The first-order valence-electron chi connectivity index (χ1n) is 6.19. The van der Waals surface area contributed by atoms with Crippen molar-refractivity contribution in [1.82, 2.24) is 5.32 Å². The molecule has 0 spiro atoms. The number of anilines is 1. The Hall–Kier alpha value is -0.810. The van der Waals surface area contributed by atoms with Crippen LogP contribution in [0, 0.1) is 5.92 Å². The number of rotatable bonds is 5. The van der Waals surface area contributed by atoms with Crippen molar-refractivity contribution < 1.29 is 9.90 Å². The Labute approximate surface area is 122 Å². The maximum Gasteiger partial charge on any atom is 0.238 e. The number of carbonyl (C=O) groups excluding carboxylic acids is 1. The van der Waals surface area contributed by atoms with E-state index in [1.807, 2.05) is 0 Å². The van der Waals surface area contributed by atoms with Gasteiger partial charge < -0.3 is 15.7 Å². The Morgan fingerprint density at radius 1 is 1.32 bits per heavy atom. The quantitative estimate of drug-likeness (QED) is 0.782. The van der Waals surface area contributed by atoms with Crippen LogP contribution in [0.25, 0.3) is 0 Å². The first-order valence-corrected chi connectivity index (χ1v) is 6.94. The lowest BCUT2D eigenvalue weighted by atomic mass is 9.82. The normalized spacial score (nSPS) is 21.8. The molecule has 104 valence electrons. The summed E-state index contributed by atoms with van der Waals surface area (Å²) in [4.78, 5) is 11.7. The van der Waals surface area contributed by atoms with Crippen LogP contribution >= 0.6 is 23.2 Å². The van der Waals surface area contributed by atoms with Gasteiger partial charge in [-0.1, -0.05) is 29.3 Å². The van der Waals surface area contributed by atoms with Crippen LogP contribution in [0.3, 0.4) is 0 Å². The monoisotopic (exact) mass is 302 g/mol. The topological polar surface area (TPSA) is 61.4 Å². The lowest BCUT2D eigenvalue weighted by Crippen LogP contribution is -2.38. The van der Waals surface area contributed by atoms with Gasteiger partial charge in [-0.2, -0.15) is 0 Å². The molecule has 4 nitrogen and oxygen atoms in total. The third-order valence-corrected chi connectivity index (χ3v) is 3.79. The molecule has 0 unspecified atom stereocenters. The molecule has 6 heteroatoms. The van der Waals surface area contributed by atoms with Gasteiger partial charge in [0.05, 0.1) is 28.4 Å². The van der Waals surface area contributed by atoms with Gasteiger partial charge in [-0.25, -0.2) is 0 Å². The van der Waals surface area contributed by atoms with Crippen LogP contribution in [-0.4, -0.2) is 30.2 Å². The smallest absolute Gasteiger partial charge is 0.238 e. The second-order valence-electron chi connectivity index (χ2n) is 4.77. The van der Waals surface area contributed by atoms with E-state index in [1.54, 1.807) is 18.2 Å². The van der Waals surface area contributed by atoms with Crippen molar-refractivity contribution in [3.05, 3.63) is 28.2 Å². The molecule has 0 aliphatic heterocycles. The minimum atomic E-state index is -0.185. The Morgan fingerprint density at radius 3 is 2.53 bits per heavy atom. The highest BCUT2D eigenvalue weighted by molar-refractivity contribution is 6.39. The summed E-state index contributed by atoms with van der Waals surface area (Å²) in [5.74, 6) is 0.279. The van der Waals surface area contributed by atoms with Crippen LogP contribution in [0.2, 0.25) is 10.0 Å². The number of halogens is 2. The predicted molar refractivity (Wildman–Crippen MR) is 76.7 cm³/mol. The van der Waals surface area contributed by atoms with Gasteiger partial charge >= 0.3 is 0 Å². The van der Waals surface area contributed by atoms with Crippen molar-refractivity contribution in [2.75, 3.05) is 18.4 Å². The molecule has 0 heterocycles. The van der Waals surface area contributed by atoms with Crippen LogP contribution in [0.4, 0.5) is 5.69 Å². The summed E-state index contributed by atoms with van der Waals surface area (Å²) in [7, 11) is 0. The number of aliphatic hydroxyl groups is 1. The molecule has 1 aliphatic rings. The Balaban J connectivity index is 1.75. The lowest BCUT2D eigenvalue weighted by Gasteiger charge is -2.31. The van der Waals surface area contributed by atoms with E-state index in [0.29, 0.717) is 21.7 Å².